The van der Waals surface area contributed by atoms with Crippen LogP contribution >= 0.6 is 22.7 Å². The molecular formula is C21H30NOS2+. The molecule has 0 aliphatic carbocycles. The van der Waals surface area contributed by atoms with Crippen LogP contribution in [-0.4, -0.2) is 35.8 Å². The van der Waals surface area contributed by atoms with Gasteiger partial charge >= 0.3 is 0 Å². The van der Waals surface area contributed by atoms with Gasteiger partial charge in [-0.1, -0.05) is 0 Å². The van der Waals surface area contributed by atoms with Gasteiger partial charge in [0, 0.05) is 35.4 Å². The van der Waals surface area contributed by atoms with Crippen molar-refractivity contribution in [1.82, 2.24) is 0 Å². The summed E-state index contributed by atoms with van der Waals surface area (Å²) >= 11 is 3.50. The van der Waals surface area contributed by atoms with Crippen molar-refractivity contribution in [2.75, 3.05) is 14.1 Å². The molecule has 25 heavy (non-hydrogen) atoms. The fourth-order valence-corrected chi connectivity index (χ4v) is 6.84. The summed E-state index contributed by atoms with van der Waals surface area (Å²) in [4.78, 5) is 2.56. The van der Waals surface area contributed by atoms with Crippen LogP contribution in [0.5, 0.6) is 0 Å². The SMILES string of the molecule is Cc1cc(C(O)(CC2C[C@H]3CC[C@H](C2)[N+]3(C)C)c2csc(C)c2)cs1. The number of quaternary nitrogens is 1. The summed E-state index contributed by atoms with van der Waals surface area (Å²) in [6, 6.07) is 5.94. The van der Waals surface area contributed by atoms with E-state index in [9.17, 15) is 5.11 Å². The lowest BCUT2D eigenvalue weighted by Gasteiger charge is -2.45. The van der Waals surface area contributed by atoms with Crippen molar-refractivity contribution in [3.63, 3.8) is 0 Å². The number of rotatable bonds is 4. The molecule has 2 aliphatic heterocycles. The Morgan fingerprint density at radius 3 is 1.88 bits per heavy atom. The third-order valence-electron chi connectivity index (χ3n) is 6.93. The molecule has 2 atom stereocenters. The molecule has 2 nitrogen and oxygen atoms in total. The van der Waals surface area contributed by atoms with Crippen LogP contribution in [0.1, 0.15) is 53.0 Å². The minimum atomic E-state index is -0.825. The first-order valence-corrected chi connectivity index (χ1v) is 11.2. The molecule has 2 aliphatic rings. The Morgan fingerprint density at radius 1 is 1.00 bits per heavy atom. The van der Waals surface area contributed by atoms with Crippen LogP contribution < -0.4 is 0 Å². The van der Waals surface area contributed by atoms with E-state index in [1.165, 1.54) is 39.9 Å². The van der Waals surface area contributed by atoms with Crippen molar-refractivity contribution in [3.8, 4) is 0 Å². The lowest BCUT2D eigenvalue weighted by atomic mass is 9.76. The second kappa shape index (κ2) is 6.19. The molecule has 0 aromatic carbocycles. The topological polar surface area (TPSA) is 20.2 Å². The van der Waals surface area contributed by atoms with Gasteiger partial charge in [-0.3, -0.25) is 0 Å². The maximum atomic E-state index is 11.9. The zero-order valence-corrected chi connectivity index (χ0v) is 17.4. The Balaban J connectivity index is 1.64. The van der Waals surface area contributed by atoms with E-state index in [0.717, 1.165) is 29.6 Å². The smallest absolute Gasteiger partial charge is 0.116 e. The van der Waals surface area contributed by atoms with E-state index < -0.39 is 5.60 Å². The van der Waals surface area contributed by atoms with Gasteiger partial charge < -0.3 is 9.59 Å². The number of aryl methyl sites for hydroxylation is 2. The highest BCUT2D eigenvalue weighted by molar-refractivity contribution is 7.10. The molecule has 2 bridgehead atoms. The van der Waals surface area contributed by atoms with E-state index in [4.69, 9.17) is 0 Å². The summed E-state index contributed by atoms with van der Waals surface area (Å²) in [5, 5.41) is 16.2. The van der Waals surface area contributed by atoms with Crippen molar-refractivity contribution >= 4 is 22.7 Å². The molecule has 2 aromatic heterocycles. The highest BCUT2D eigenvalue weighted by Gasteiger charge is 2.50. The zero-order chi connectivity index (χ0) is 17.8. The summed E-state index contributed by atoms with van der Waals surface area (Å²) in [5.41, 5.74) is 1.37. The highest BCUT2D eigenvalue weighted by Crippen LogP contribution is 2.48. The lowest BCUT2D eigenvalue weighted by Crippen LogP contribution is -2.55. The number of hydrogen-bond donors (Lipinski definition) is 1. The predicted octanol–water partition coefficient (Wildman–Crippen LogP) is 5.07. The molecule has 0 spiro atoms. The van der Waals surface area contributed by atoms with Crippen LogP contribution in [0.3, 0.4) is 0 Å². The molecule has 0 unspecified atom stereocenters. The fraction of sp³-hybridized carbons (Fsp3) is 0.619. The molecule has 4 heteroatoms. The number of hydrogen-bond acceptors (Lipinski definition) is 3. The van der Waals surface area contributed by atoms with Crippen molar-refractivity contribution in [2.24, 2.45) is 5.92 Å². The van der Waals surface area contributed by atoms with E-state index in [0.29, 0.717) is 5.92 Å². The molecule has 1 N–H and O–H groups in total. The molecule has 4 heterocycles. The van der Waals surface area contributed by atoms with Gasteiger partial charge in [-0.2, -0.15) is 0 Å². The maximum Gasteiger partial charge on any atom is 0.116 e. The van der Waals surface area contributed by atoms with E-state index >= 15 is 0 Å². The third kappa shape index (κ3) is 3.01. The first-order valence-electron chi connectivity index (χ1n) is 9.46. The minimum Gasteiger partial charge on any atom is -0.380 e. The van der Waals surface area contributed by atoms with Gasteiger partial charge in [0.1, 0.15) is 5.60 Å². The first-order chi connectivity index (χ1) is 11.8. The van der Waals surface area contributed by atoms with Gasteiger partial charge in [-0.25, -0.2) is 0 Å². The van der Waals surface area contributed by atoms with Gasteiger partial charge in [0.2, 0.25) is 0 Å². The molecule has 2 saturated heterocycles. The summed E-state index contributed by atoms with van der Waals surface area (Å²) in [7, 11) is 4.82. The van der Waals surface area contributed by atoms with Gasteiger partial charge in [0.05, 0.1) is 26.2 Å². The maximum absolute atomic E-state index is 11.9. The average Bonchev–Trinajstić information content (AvgIpc) is 3.18. The molecular weight excluding hydrogens is 346 g/mol. The molecule has 2 fully saturated rings. The van der Waals surface area contributed by atoms with E-state index in [-0.39, 0.29) is 0 Å². The van der Waals surface area contributed by atoms with Crippen molar-refractivity contribution in [3.05, 3.63) is 43.8 Å². The van der Waals surface area contributed by atoms with E-state index in [2.05, 4.69) is 50.8 Å². The highest BCUT2D eigenvalue weighted by atomic mass is 32.1. The molecule has 2 aromatic rings. The van der Waals surface area contributed by atoms with E-state index in [1.807, 2.05) is 0 Å². The number of fused-ring (bicyclic) bond motifs is 2. The monoisotopic (exact) mass is 376 g/mol. The Morgan fingerprint density at radius 2 is 1.48 bits per heavy atom. The molecule has 0 radical (unpaired) electrons. The van der Waals surface area contributed by atoms with Crippen LogP contribution in [0.25, 0.3) is 0 Å². The Kier molecular flexibility index (Phi) is 4.39. The lowest BCUT2D eigenvalue weighted by molar-refractivity contribution is -0.931. The van der Waals surface area contributed by atoms with Crippen LogP contribution in [0, 0.1) is 19.8 Å². The average molecular weight is 377 g/mol. The first kappa shape index (κ1) is 17.7. The predicted molar refractivity (Wildman–Crippen MR) is 107 cm³/mol. The van der Waals surface area contributed by atoms with Gasteiger partial charge in [-0.05, 0) is 60.2 Å². The van der Waals surface area contributed by atoms with Crippen LogP contribution in [0.4, 0.5) is 0 Å². The van der Waals surface area contributed by atoms with Crippen LogP contribution in [-0.2, 0) is 5.60 Å². The Labute approximate surface area is 159 Å². The van der Waals surface area contributed by atoms with Crippen molar-refractivity contribution in [1.29, 1.82) is 0 Å². The van der Waals surface area contributed by atoms with Gasteiger partial charge in [0.15, 0.2) is 0 Å². The molecule has 0 amide bonds. The van der Waals surface area contributed by atoms with Gasteiger partial charge in [0.25, 0.3) is 0 Å². The van der Waals surface area contributed by atoms with Crippen LogP contribution in [0.2, 0.25) is 0 Å². The molecule has 4 rings (SSSR count). The Bertz CT molecular complexity index is 703. The quantitative estimate of drug-likeness (QED) is 0.739. The van der Waals surface area contributed by atoms with E-state index in [1.54, 1.807) is 22.7 Å². The summed E-state index contributed by atoms with van der Waals surface area (Å²) < 4.78 is 1.20. The minimum absolute atomic E-state index is 0.620. The fourth-order valence-electron chi connectivity index (χ4n) is 5.30. The summed E-state index contributed by atoms with van der Waals surface area (Å²) in [6.45, 7) is 4.27. The second-order valence-corrected chi connectivity index (χ2v) is 11.0. The van der Waals surface area contributed by atoms with Crippen molar-refractivity contribution < 1.29 is 9.59 Å². The summed E-state index contributed by atoms with van der Waals surface area (Å²) in [5.74, 6) is 0.620. The molecule has 136 valence electrons. The molecule has 0 saturated carbocycles. The Hall–Kier alpha value is -0.680. The van der Waals surface area contributed by atoms with Crippen LogP contribution in [0.15, 0.2) is 22.9 Å². The second-order valence-electron chi connectivity index (χ2n) is 8.81. The number of nitrogens with zero attached hydrogens (tertiary/aromatic N) is 1. The zero-order valence-electron chi connectivity index (χ0n) is 15.8. The standard InChI is InChI=1S/C21H30NOS2/c1-14-7-17(12-24-14)21(23,18-8-15(2)25-13-18)11-16-9-19-5-6-20(10-16)22(19,3)4/h7-8,12-13,16,19-20,23H,5-6,9-11H2,1-4H3/q+1/t19-,20-/m1/s1. The van der Waals surface area contributed by atoms with Crippen molar-refractivity contribution in [2.45, 2.75) is 63.6 Å². The largest absolute Gasteiger partial charge is 0.380 e. The number of aliphatic hydroxyl groups is 1. The third-order valence-corrected chi connectivity index (χ3v) is 8.65. The number of piperidine rings is 1. The summed E-state index contributed by atoms with van der Waals surface area (Å²) in [6.07, 6.45) is 6.12. The number of thiophene rings is 2. The van der Waals surface area contributed by atoms with Gasteiger partial charge in [-0.15, -0.1) is 22.7 Å². The normalized spacial score (nSPS) is 28.4.